The van der Waals surface area contributed by atoms with Crippen molar-refractivity contribution in [3.05, 3.63) is 0 Å². The molecule has 1 N–H and O–H groups in total. The Morgan fingerprint density at radius 3 is 2.00 bits per heavy atom. The van der Waals surface area contributed by atoms with Crippen LogP contribution in [-0.2, 0) is 9.59 Å². The van der Waals surface area contributed by atoms with E-state index in [0.717, 1.165) is 19.5 Å². The van der Waals surface area contributed by atoms with E-state index in [1.807, 2.05) is 18.7 Å². The molecule has 0 aromatic carbocycles. The summed E-state index contributed by atoms with van der Waals surface area (Å²) in [5, 5.41) is 9.14. The highest BCUT2D eigenvalue weighted by atomic mass is 16.4. The standard InChI is InChI=1S/C14H23NO3/c1-8-5-9(2)7-15(6-8)12(16)10-11(13(17)18)14(10,3)4/h8-11H,5-7H2,1-4H3,(H,17,18). The van der Waals surface area contributed by atoms with Crippen molar-refractivity contribution in [3.8, 4) is 0 Å². The highest BCUT2D eigenvalue weighted by Gasteiger charge is 2.66. The topological polar surface area (TPSA) is 57.6 Å². The molecule has 0 bridgehead atoms. The lowest BCUT2D eigenvalue weighted by molar-refractivity contribution is -0.142. The van der Waals surface area contributed by atoms with Crippen LogP contribution in [0.5, 0.6) is 0 Å². The molecule has 1 saturated heterocycles. The summed E-state index contributed by atoms with van der Waals surface area (Å²) < 4.78 is 0. The fourth-order valence-corrected chi connectivity index (χ4v) is 3.60. The summed E-state index contributed by atoms with van der Waals surface area (Å²) in [6.45, 7) is 9.63. The van der Waals surface area contributed by atoms with Gasteiger partial charge in [0.2, 0.25) is 5.91 Å². The van der Waals surface area contributed by atoms with Crippen molar-refractivity contribution >= 4 is 11.9 Å². The number of amides is 1. The SMILES string of the molecule is CC1CC(C)CN(C(=O)C2C(C(=O)O)C2(C)C)C1. The first kappa shape index (κ1) is 13.4. The zero-order valence-corrected chi connectivity index (χ0v) is 11.6. The Morgan fingerprint density at radius 1 is 1.11 bits per heavy atom. The van der Waals surface area contributed by atoms with E-state index in [0.29, 0.717) is 11.8 Å². The minimum absolute atomic E-state index is 0.0470. The van der Waals surface area contributed by atoms with Gasteiger partial charge in [0.25, 0.3) is 0 Å². The smallest absolute Gasteiger partial charge is 0.307 e. The van der Waals surface area contributed by atoms with Gasteiger partial charge in [-0.05, 0) is 23.7 Å². The molecule has 1 saturated carbocycles. The van der Waals surface area contributed by atoms with Gasteiger partial charge in [-0.25, -0.2) is 0 Å². The van der Waals surface area contributed by atoms with Crippen molar-refractivity contribution in [3.63, 3.8) is 0 Å². The summed E-state index contributed by atoms with van der Waals surface area (Å²) in [5.41, 5.74) is -0.382. The predicted octanol–water partition coefficient (Wildman–Crippen LogP) is 1.85. The van der Waals surface area contributed by atoms with Gasteiger partial charge in [0.1, 0.15) is 0 Å². The average Bonchev–Trinajstić information content (AvgIpc) is 2.79. The lowest BCUT2D eigenvalue weighted by Gasteiger charge is -2.35. The number of piperidine rings is 1. The number of hydrogen-bond donors (Lipinski definition) is 1. The van der Waals surface area contributed by atoms with Gasteiger partial charge in [0.05, 0.1) is 11.8 Å². The van der Waals surface area contributed by atoms with Crippen LogP contribution in [0.15, 0.2) is 0 Å². The molecule has 0 aromatic rings. The third-order valence-electron chi connectivity index (χ3n) is 4.54. The number of nitrogens with zero attached hydrogens (tertiary/aromatic N) is 1. The largest absolute Gasteiger partial charge is 0.481 e. The van der Waals surface area contributed by atoms with Gasteiger partial charge in [-0.3, -0.25) is 9.59 Å². The summed E-state index contributed by atoms with van der Waals surface area (Å²) in [4.78, 5) is 25.5. The third-order valence-corrected chi connectivity index (χ3v) is 4.54. The quantitative estimate of drug-likeness (QED) is 0.817. The molecular weight excluding hydrogens is 230 g/mol. The molecule has 1 aliphatic heterocycles. The summed E-state index contributed by atoms with van der Waals surface area (Å²) >= 11 is 0. The molecular formula is C14H23NO3. The van der Waals surface area contributed by atoms with E-state index in [1.54, 1.807) is 0 Å². The molecule has 1 aliphatic carbocycles. The van der Waals surface area contributed by atoms with Gasteiger partial charge in [-0.2, -0.15) is 0 Å². The lowest BCUT2D eigenvalue weighted by atomic mass is 9.91. The number of carbonyl (C=O) groups is 2. The summed E-state index contributed by atoms with van der Waals surface area (Å²) in [6.07, 6.45) is 1.15. The molecule has 1 amide bonds. The van der Waals surface area contributed by atoms with Crippen LogP contribution >= 0.6 is 0 Å². The van der Waals surface area contributed by atoms with Crippen molar-refractivity contribution in [2.45, 2.75) is 34.1 Å². The van der Waals surface area contributed by atoms with Crippen molar-refractivity contribution < 1.29 is 14.7 Å². The predicted molar refractivity (Wildman–Crippen MR) is 67.9 cm³/mol. The molecule has 2 aliphatic rings. The minimum atomic E-state index is -0.837. The molecule has 4 atom stereocenters. The molecule has 1 heterocycles. The Bertz CT molecular complexity index is 367. The van der Waals surface area contributed by atoms with Gasteiger partial charge in [0, 0.05) is 13.1 Å². The minimum Gasteiger partial charge on any atom is -0.481 e. The Kier molecular flexibility index (Phi) is 3.16. The average molecular weight is 253 g/mol. The summed E-state index contributed by atoms with van der Waals surface area (Å²) in [5.74, 6) is -0.585. The number of carboxylic acid groups (broad SMARTS) is 1. The zero-order valence-electron chi connectivity index (χ0n) is 11.6. The molecule has 102 valence electrons. The van der Waals surface area contributed by atoms with Gasteiger partial charge in [0.15, 0.2) is 0 Å². The van der Waals surface area contributed by atoms with Crippen LogP contribution < -0.4 is 0 Å². The number of likely N-dealkylation sites (tertiary alicyclic amines) is 1. The van der Waals surface area contributed by atoms with Crippen LogP contribution in [0.1, 0.15) is 34.1 Å². The first-order chi connectivity index (χ1) is 8.25. The van der Waals surface area contributed by atoms with Crippen LogP contribution in [0.3, 0.4) is 0 Å². The molecule has 4 nitrogen and oxygen atoms in total. The van der Waals surface area contributed by atoms with E-state index in [1.165, 1.54) is 0 Å². The maximum Gasteiger partial charge on any atom is 0.307 e. The summed E-state index contributed by atoms with van der Waals surface area (Å²) in [6, 6.07) is 0. The van der Waals surface area contributed by atoms with E-state index in [9.17, 15) is 9.59 Å². The molecule has 0 aromatic heterocycles. The van der Waals surface area contributed by atoms with E-state index < -0.39 is 11.9 Å². The first-order valence-corrected chi connectivity index (χ1v) is 6.76. The second-order valence-corrected chi connectivity index (χ2v) is 6.80. The van der Waals surface area contributed by atoms with Crippen molar-refractivity contribution in [2.75, 3.05) is 13.1 Å². The molecule has 0 spiro atoms. The number of aliphatic carboxylic acids is 1. The zero-order chi connectivity index (χ0) is 13.7. The maximum absolute atomic E-state index is 12.4. The number of carboxylic acids is 1. The molecule has 2 fully saturated rings. The van der Waals surface area contributed by atoms with Crippen LogP contribution in [0.2, 0.25) is 0 Å². The van der Waals surface area contributed by atoms with Crippen LogP contribution in [-0.4, -0.2) is 35.0 Å². The lowest BCUT2D eigenvalue weighted by Crippen LogP contribution is -2.44. The second kappa shape index (κ2) is 4.25. The number of carbonyl (C=O) groups excluding carboxylic acids is 1. The van der Waals surface area contributed by atoms with Gasteiger partial charge in [-0.1, -0.05) is 27.7 Å². The fraction of sp³-hybridized carbons (Fsp3) is 0.857. The van der Waals surface area contributed by atoms with Gasteiger partial charge >= 0.3 is 5.97 Å². The van der Waals surface area contributed by atoms with Crippen molar-refractivity contribution in [1.82, 2.24) is 4.90 Å². The highest BCUT2D eigenvalue weighted by molar-refractivity contribution is 5.91. The van der Waals surface area contributed by atoms with Gasteiger partial charge in [-0.15, -0.1) is 0 Å². The molecule has 4 heteroatoms. The van der Waals surface area contributed by atoms with E-state index >= 15 is 0 Å². The number of hydrogen-bond acceptors (Lipinski definition) is 2. The normalized spacial score (nSPS) is 38.3. The molecule has 4 unspecified atom stereocenters. The molecule has 2 rings (SSSR count). The Balaban J connectivity index is 2.07. The maximum atomic E-state index is 12.4. The monoisotopic (exact) mass is 253 g/mol. The molecule has 18 heavy (non-hydrogen) atoms. The van der Waals surface area contributed by atoms with Crippen molar-refractivity contribution in [2.24, 2.45) is 29.1 Å². The van der Waals surface area contributed by atoms with E-state index in [4.69, 9.17) is 5.11 Å². The van der Waals surface area contributed by atoms with Crippen molar-refractivity contribution in [1.29, 1.82) is 0 Å². The Labute approximate surface area is 108 Å². The van der Waals surface area contributed by atoms with Gasteiger partial charge < -0.3 is 10.0 Å². The van der Waals surface area contributed by atoms with Crippen LogP contribution in [0.4, 0.5) is 0 Å². The van der Waals surface area contributed by atoms with E-state index in [-0.39, 0.29) is 17.2 Å². The number of rotatable bonds is 2. The molecule has 0 radical (unpaired) electrons. The van der Waals surface area contributed by atoms with Crippen LogP contribution in [0, 0.1) is 29.1 Å². The fourth-order valence-electron chi connectivity index (χ4n) is 3.60. The Hall–Kier alpha value is -1.06. The second-order valence-electron chi connectivity index (χ2n) is 6.80. The Morgan fingerprint density at radius 2 is 1.61 bits per heavy atom. The third kappa shape index (κ3) is 2.13. The highest BCUT2D eigenvalue weighted by Crippen LogP contribution is 2.59. The van der Waals surface area contributed by atoms with E-state index in [2.05, 4.69) is 13.8 Å². The summed E-state index contributed by atoms with van der Waals surface area (Å²) in [7, 11) is 0. The van der Waals surface area contributed by atoms with Crippen LogP contribution in [0.25, 0.3) is 0 Å². The first-order valence-electron chi connectivity index (χ1n) is 6.76.